The number of pyridine rings is 1. The Kier molecular flexibility index (Phi) is 1.72. The number of halogens is 2. The number of fused-ring (bicyclic) bond motifs is 1. The molecule has 0 atom stereocenters. The van der Waals surface area contributed by atoms with Crippen LogP contribution >= 0.6 is 0 Å². The van der Waals surface area contributed by atoms with Crippen molar-refractivity contribution in [2.75, 3.05) is 0 Å². The molecule has 0 spiro atoms. The van der Waals surface area contributed by atoms with Gasteiger partial charge in [0.05, 0.1) is 0 Å². The average molecular weight is 183 g/mol. The molecule has 5 heteroatoms. The fourth-order valence-electron chi connectivity index (χ4n) is 1.20. The van der Waals surface area contributed by atoms with Crippen LogP contribution in [0.2, 0.25) is 0 Å². The molecule has 2 heterocycles. The summed E-state index contributed by atoms with van der Waals surface area (Å²) in [6.07, 6.45) is -2.52. The maximum absolute atomic E-state index is 12.4. The molecule has 0 unspecified atom stereocenters. The van der Waals surface area contributed by atoms with Gasteiger partial charge in [-0.05, 0) is 19.1 Å². The maximum Gasteiger partial charge on any atom is 0.280 e. The zero-order valence-electron chi connectivity index (χ0n) is 6.91. The van der Waals surface area contributed by atoms with Crippen LogP contribution in [0.15, 0.2) is 18.2 Å². The minimum atomic E-state index is -2.52. The van der Waals surface area contributed by atoms with E-state index in [2.05, 4.69) is 10.1 Å². The lowest BCUT2D eigenvalue weighted by Gasteiger charge is -2.00. The summed E-state index contributed by atoms with van der Waals surface area (Å²) < 4.78 is 26.0. The van der Waals surface area contributed by atoms with E-state index >= 15 is 0 Å². The molecule has 0 amide bonds. The van der Waals surface area contributed by atoms with Crippen LogP contribution in [0, 0.1) is 6.92 Å². The van der Waals surface area contributed by atoms with Crippen LogP contribution in [-0.2, 0) is 0 Å². The molecule has 0 saturated heterocycles. The quantitative estimate of drug-likeness (QED) is 0.676. The van der Waals surface area contributed by atoms with Crippen LogP contribution in [0.25, 0.3) is 5.65 Å². The number of rotatable bonds is 1. The van der Waals surface area contributed by atoms with Crippen molar-refractivity contribution in [2.45, 2.75) is 13.3 Å². The molecule has 3 nitrogen and oxygen atoms in total. The van der Waals surface area contributed by atoms with E-state index in [0.717, 1.165) is 0 Å². The summed E-state index contributed by atoms with van der Waals surface area (Å²) in [4.78, 5) is 3.97. The third-order valence-corrected chi connectivity index (χ3v) is 1.72. The van der Waals surface area contributed by atoms with Gasteiger partial charge in [-0.25, -0.2) is 18.3 Å². The largest absolute Gasteiger partial charge is 0.280 e. The van der Waals surface area contributed by atoms with Crippen LogP contribution in [0.5, 0.6) is 0 Å². The van der Waals surface area contributed by atoms with Gasteiger partial charge in [-0.15, -0.1) is 0 Å². The van der Waals surface area contributed by atoms with Crippen molar-refractivity contribution in [2.24, 2.45) is 0 Å². The summed E-state index contributed by atoms with van der Waals surface area (Å²) in [6, 6.07) is 4.53. The topological polar surface area (TPSA) is 30.2 Å². The Morgan fingerprint density at radius 2 is 2.15 bits per heavy atom. The molecule has 0 saturated carbocycles. The lowest BCUT2D eigenvalue weighted by molar-refractivity contribution is 0.143. The van der Waals surface area contributed by atoms with Crippen LogP contribution < -0.4 is 0 Å². The summed E-state index contributed by atoms with van der Waals surface area (Å²) in [6.45, 7) is 1.67. The zero-order chi connectivity index (χ0) is 9.42. The third kappa shape index (κ3) is 1.26. The van der Waals surface area contributed by atoms with Gasteiger partial charge in [0.2, 0.25) is 0 Å². The summed E-state index contributed by atoms with van der Waals surface area (Å²) in [5.41, 5.74) is 0.327. The number of aryl methyl sites for hydroxylation is 1. The molecule has 13 heavy (non-hydrogen) atoms. The number of hydrogen-bond donors (Lipinski definition) is 0. The Labute approximate surface area is 73.0 Å². The smallest absolute Gasteiger partial charge is 0.212 e. The molecule has 0 aliphatic carbocycles. The van der Waals surface area contributed by atoms with Gasteiger partial charge in [0.1, 0.15) is 11.5 Å². The molecule has 2 aromatic heterocycles. The number of hydrogen-bond acceptors (Lipinski definition) is 2. The van der Waals surface area contributed by atoms with Crippen molar-refractivity contribution in [3.63, 3.8) is 0 Å². The first kappa shape index (κ1) is 8.10. The third-order valence-electron chi connectivity index (χ3n) is 1.72. The standard InChI is InChI=1S/C8H7F2N3/c1-5-11-7-4-2-3-6(8(9)10)13(7)12-5/h2-4,8H,1H3. The van der Waals surface area contributed by atoms with Gasteiger partial charge in [-0.3, -0.25) is 0 Å². The molecular weight excluding hydrogens is 176 g/mol. The monoisotopic (exact) mass is 183 g/mol. The first-order valence-corrected chi connectivity index (χ1v) is 3.79. The normalized spacial score (nSPS) is 11.4. The first-order valence-electron chi connectivity index (χ1n) is 3.79. The minimum Gasteiger partial charge on any atom is -0.212 e. The molecule has 0 bridgehead atoms. The molecule has 2 aromatic rings. The molecular formula is C8H7F2N3. The Bertz CT molecular complexity index is 436. The van der Waals surface area contributed by atoms with Crippen molar-refractivity contribution >= 4 is 5.65 Å². The second kappa shape index (κ2) is 2.76. The Morgan fingerprint density at radius 1 is 1.38 bits per heavy atom. The molecule has 2 rings (SSSR count). The predicted octanol–water partition coefficient (Wildman–Crippen LogP) is 1.98. The Balaban J connectivity index is 2.75. The van der Waals surface area contributed by atoms with Crippen LogP contribution in [0.4, 0.5) is 8.78 Å². The first-order chi connectivity index (χ1) is 6.18. The van der Waals surface area contributed by atoms with Crippen molar-refractivity contribution in [3.05, 3.63) is 29.7 Å². The van der Waals surface area contributed by atoms with Gasteiger partial charge in [0.25, 0.3) is 6.43 Å². The Hall–Kier alpha value is -1.52. The highest BCUT2D eigenvalue weighted by molar-refractivity contribution is 5.38. The van der Waals surface area contributed by atoms with E-state index in [1.54, 1.807) is 19.1 Å². The SMILES string of the molecule is Cc1nc2cccc(C(F)F)n2n1. The second-order valence-corrected chi connectivity index (χ2v) is 2.68. The lowest BCUT2D eigenvalue weighted by Crippen LogP contribution is -1.98. The lowest BCUT2D eigenvalue weighted by atomic mass is 10.3. The van der Waals surface area contributed by atoms with Gasteiger partial charge in [0, 0.05) is 0 Å². The fourth-order valence-corrected chi connectivity index (χ4v) is 1.20. The molecule has 0 N–H and O–H groups in total. The van der Waals surface area contributed by atoms with Gasteiger partial charge in [-0.1, -0.05) is 6.07 Å². The summed E-state index contributed by atoms with van der Waals surface area (Å²) in [5, 5.41) is 3.86. The van der Waals surface area contributed by atoms with Gasteiger partial charge < -0.3 is 0 Å². The van der Waals surface area contributed by atoms with Crippen LogP contribution in [-0.4, -0.2) is 14.6 Å². The van der Waals surface area contributed by atoms with Crippen molar-refractivity contribution in [1.82, 2.24) is 14.6 Å². The van der Waals surface area contributed by atoms with Gasteiger partial charge >= 0.3 is 0 Å². The molecule has 68 valence electrons. The molecule has 0 fully saturated rings. The van der Waals surface area contributed by atoms with E-state index in [0.29, 0.717) is 11.5 Å². The fraction of sp³-hybridized carbons (Fsp3) is 0.250. The Morgan fingerprint density at radius 3 is 2.85 bits per heavy atom. The maximum atomic E-state index is 12.4. The average Bonchev–Trinajstić information content (AvgIpc) is 2.43. The minimum absolute atomic E-state index is 0.127. The molecule has 0 radical (unpaired) electrons. The molecule has 0 aliphatic heterocycles. The number of aromatic nitrogens is 3. The number of alkyl halides is 2. The van der Waals surface area contributed by atoms with Gasteiger partial charge in [0.15, 0.2) is 5.65 Å². The second-order valence-electron chi connectivity index (χ2n) is 2.68. The van der Waals surface area contributed by atoms with Gasteiger partial charge in [-0.2, -0.15) is 5.10 Å². The number of nitrogens with zero attached hydrogens (tertiary/aromatic N) is 3. The van der Waals surface area contributed by atoms with Crippen molar-refractivity contribution < 1.29 is 8.78 Å². The van der Waals surface area contributed by atoms with Crippen LogP contribution in [0.1, 0.15) is 17.9 Å². The summed E-state index contributed by atoms with van der Waals surface area (Å²) in [7, 11) is 0. The van der Waals surface area contributed by atoms with Crippen molar-refractivity contribution in [3.8, 4) is 0 Å². The van der Waals surface area contributed by atoms with Crippen LogP contribution in [0.3, 0.4) is 0 Å². The zero-order valence-corrected chi connectivity index (χ0v) is 6.91. The van der Waals surface area contributed by atoms with E-state index in [4.69, 9.17) is 0 Å². The van der Waals surface area contributed by atoms with E-state index in [1.807, 2.05) is 0 Å². The van der Waals surface area contributed by atoms with Crippen molar-refractivity contribution in [1.29, 1.82) is 0 Å². The predicted molar refractivity (Wildman–Crippen MR) is 42.7 cm³/mol. The summed E-state index contributed by atoms with van der Waals surface area (Å²) in [5.74, 6) is 0.494. The van der Waals surface area contributed by atoms with E-state index in [1.165, 1.54) is 10.6 Å². The highest BCUT2D eigenvalue weighted by atomic mass is 19.3. The molecule has 0 aromatic carbocycles. The highest BCUT2D eigenvalue weighted by Crippen LogP contribution is 2.18. The summed E-state index contributed by atoms with van der Waals surface area (Å²) >= 11 is 0. The highest BCUT2D eigenvalue weighted by Gasteiger charge is 2.12. The van der Waals surface area contributed by atoms with E-state index < -0.39 is 6.43 Å². The van der Waals surface area contributed by atoms with E-state index in [-0.39, 0.29) is 5.69 Å². The molecule has 0 aliphatic rings. The van der Waals surface area contributed by atoms with E-state index in [9.17, 15) is 8.78 Å².